The van der Waals surface area contributed by atoms with Gasteiger partial charge >= 0.3 is 6.03 Å². The highest BCUT2D eigenvalue weighted by molar-refractivity contribution is 7.11. The number of nitrogens with one attached hydrogen (secondary N) is 3. The fourth-order valence-electron chi connectivity index (χ4n) is 2.73. The third-order valence-electron chi connectivity index (χ3n) is 4.52. The SMILES string of the molecule is CC1(F)C(F)=CC=CC1COc1nsc(NC(=O)NCCc2cnc[nH]2)c1C(N)=O. The second kappa shape index (κ2) is 9.03. The van der Waals surface area contributed by atoms with Crippen LogP contribution in [0.1, 0.15) is 23.0 Å². The van der Waals surface area contributed by atoms with Crippen LogP contribution in [0.25, 0.3) is 0 Å². The van der Waals surface area contributed by atoms with E-state index in [-0.39, 0.29) is 23.1 Å². The van der Waals surface area contributed by atoms with Gasteiger partial charge in [-0.05, 0) is 24.5 Å². The number of anilines is 1. The number of hydrogen-bond donors (Lipinski definition) is 4. The third kappa shape index (κ3) is 4.82. The Balaban J connectivity index is 1.60. The molecule has 2 atom stereocenters. The Hall–Kier alpha value is -3.28. The van der Waals surface area contributed by atoms with E-state index in [4.69, 9.17) is 10.5 Å². The summed E-state index contributed by atoms with van der Waals surface area (Å²) in [5.41, 5.74) is 3.86. The van der Waals surface area contributed by atoms with E-state index in [9.17, 15) is 18.4 Å². The molecule has 160 valence electrons. The molecule has 0 saturated carbocycles. The molecule has 1 aliphatic rings. The molecule has 0 radical (unpaired) electrons. The first-order valence-corrected chi connectivity index (χ1v) is 9.74. The molecule has 0 bridgehead atoms. The molecule has 12 heteroatoms. The summed E-state index contributed by atoms with van der Waals surface area (Å²) in [6.45, 7) is 1.15. The van der Waals surface area contributed by atoms with Gasteiger partial charge in [0.25, 0.3) is 5.91 Å². The van der Waals surface area contributed by atoms with Crippen molar-refractivity contribution in [3.63, 3.8) is 0 Å². The highest BCUT2D eigenvalue weighted by Crippen LogP contribution is 2.37. The van der Waals surface area contributed by atoms with Crippen molar-refractivity contribution in [2.24, 2.45) is 11.7 Å². The van der Waals surface area contributed by atoms with Crippen molar-refractivity contribution in [3.05, 3.63) is 47.8 Å². The Labute approximate surface area is 174 Å². The van der Waals surface area contributed by atoms with Gasteiger partial charge in [0, 0.05) is 24.9 Å². The van der Waals surface area contributed by atoms with E-state index in [1.165, 1.54) is 18.5 Å². The second-order valence-corrected chi connectivity index (χ2v) is 7.43. The van der Waals surface area contributed by atoms with Crippen LogP contribution in [0.5, 0.6) is 5.88 Å². The normalized spacial score (nSPS) is 20.5. The summed E-state index contributed by atoms with van der Waals surface area (Å²) in [5.74, 6) is -2.87. The molecule has 0 aromatic carbocycles. The highest BCUT2D eigenvalue weighted by atomic mass is 32.1. The second-order valence-electron chi connectivity index (χ2n) is 6.66. The number of carbonyl (C=O) groups is 2. The Morgan fingerprint density at radius 2 is 2.27 bits per heavy atom. The van der Waals surface area contributed by atoms with Gasteiger partial charge in [-0.1, -0.05) is 12.2 Å². The minimum absolute atomic E-state index is 0.0878. The van der Waals surface area contributed by atoms with Crippen molar-refractivity contribution in [1.82, 2.24) is 19.7 Å². The number of aromatic amines is 1. The van der Waals surface area contributed by atoms with Gasteiger partial charge in [0.1, 0.15) is 16.4 Å². The molecule has 0 spiro atoms. The molecule has 2 aromatic heterocycles. The minimum Gasteiger partial charge on any atom is -0.476 e. The first kappa shape index (κ1) is 21.4. The largest absolute Gasteiger partial charge is 0.476 e. The van der Waals surface area contributed by atoms with Gasteiger partial charge in [-0.3, -0.25) is 10.1 Å². The number of nitrogens with two attached hydrogens (primary N) is 1. The van der Waals surface area contributed by atoms with E-state index >= 15 is 0 Å². The van der Waals surface area contributed by atoms with Gasteiger partial charge < -0.3 is 20.8 Å². The number of allylic oxidation sites excluding steroid dienone is 3. The number of halogens is 2. The van der Waals surface area contributed by atoms with Gasteiger partial charge in [0.2, 0.25) is 5.88 Å². The predicted molar refractivity (Wildman–Crippen MR) is 107 cm³/mol. The zero-order valence-corrected chi connectivity index (χ0v) is 16.8. The highest BCUT2D eigenvalue weighted by Gasteiger charge is 2.39. The average Bonchev–Trinajstić information content (AvgIpc) is 3.33. The molecule has 2 heterocycles. The third-order valence-corrected chi connectivity index (χ3v) is 5.26. The number of ether oxygens (including phenoxy) is 1. The molecule has 1 aliphatic carbocycles. The van der Waals surface area contributed by atoms with Crippen LogP contribution in [0.3, 0.4) is 0 Å². The zero-order chi connectivity index (χ0) is 21.7. The molecular weight excluding hydrogens is 418 g/mol. The molecule has 3 rings (SSSR count). The number of imidazole rings is 1. The number of rotatable bonds is 8. The lowest BCUT2D eigenvalue weighted by Gasteiger charge is -2.28. The lowest BCUT2D eigenvalue weighted by Crippen LogP contribution is -2.35. The van der Waals surface area contributed by atoms with E-state index in [0.29, 0.717) is 13.0 Å². The lowest BCUT2D eigenvalue weighted by molar-refractivity contribution is 0.0955. The zero-order valence-electron chi connectivity index (χ0n) is 15.9. The van der Waals surface area contributed by atoms with E-state index in [2.05, 4.69) is 25.0 Å². The number of primary amides is 1. The topological polar surface area (TPSA) is 135 Å². The van der Waals surface area contributed by atoms with E-state index in [1.54, 1.807) is 6.20 Å². The molecule has 5 N–H and O–H groups in total. The molecule has 0 saturated heterocycles. The number of hydrogen-bond acceptors (Lipinski definition) is 6. The van der Waals surface area contributed by atoms with Crippen LogP contribution in [0.15, 0.2) is 36.6 Å². The van der Waals surface area contributed by atoms with Gasteiger partial charge in [0.15, 0.2) is 5.67 Å². The van der Waals surface area contributed by atoms with Crippen molar-refractivity contribution < 1.29 is 23.1 Å². The standard InChI is InChI=1S/C18H20F2N6O3S/c1-18(20)10(3-2-4-12(18)19)8-29-15-13(14(21)27)16(30-26-15)25-17(28)23-6-5-11-7-22-9-24-11/h2-4,7,9-10H,5-6,8H2,1H3,(H2,21,27)(H,22,24)(H2,23,25,28). The maximum absolute atomic E-state index is 14.5. The Kier molecular flexibility index (Phi) is 6.45. The van der Waals surface area contributed by atoms with E-state index < -0.39 is 29.4 Å². The number of amides is 3. The smallest absolute Gasteiger partial charge is 0.319 e. The Morgan fingerprint density at radius 1 is 1.47 bits per heavy atom. The average molecular weight is 438 g/mol. The molecular formula is C18H20F2N6O3S. The van der Waals surface area contributed by atoms with Crippen LogP contribution >= 0.6 is 11.5 Å². The summed E-state index contributed by atoms with van der Waals surface area (Å²) < 4.78 is 37.7. The summed E-state index contributed by atoms with van der Waals surface area (Å²) in [7, 11) is 0. The summed E-state index contributed by atoms with van der Waals surface area (Å²) >= 11 is 0.790. The van der Waals surface area contributed by atoms with E-state index in [1.807, 2.05) is 0 Å². The summed E-state index contributed by atoms with van der Waals surface area (Å²) in [6.07, 6.45) is 7.61. The molecule has 0 fully saturated rings. The van der Waals surface area contributed by atoms with Crippen LogP contribution in [-0.4, -0.2) is 45.1 Å². The quantitative estimate of drug-likeness (QED) is 0.502. The lowest BCUT2D eigenvalue weighted by atomic mass is 9.86. The Morgan fingerprint density at radius 3 is 2.97 bits per heavy atom. The van der Waals surface area contributed by atoms with Crippen LogP contribution in [0, 0.1) is 5.92 Å². The van der Waals surface area contributed by atoms with Gasteiger partial charge in [-0.2, -0.15) is 4.37 Å². The number of urea groups is 1. The predicted octanol–water partition coefficient (Wildman–Crippen LogP) is 2.48. The van der Waals surface area contributed by atoms with Crippen LogP contribution in [-0.2, 0) is 6.42 Å². The number of aromatic nitrogens is 3. The van der Waals surface area contributed by atoms with Gasteiger partial charge in [-0.25, -0.2) is 18.6 Å². The molecule has 30 heavy (non-hydrogen) atoms. The molecule has 9 nitrogen and oxygen atoms in total. The Bertz CT molecular complexity index is 971. The summed E-state index contributed by atoms with van der Waals surface area (Å²) in [6, 6.07) is -0.564. The molecule has 0 aliphatic heterocycles. The van der Waals surface area contributed by atoms with Crippen LogP contribution in [0.2, 0.25) is 0 Å². The van der Waals surface area contributed by atoms with Crippen molar-refractivity contribution in [3.8, 4) is 5.88 Å². The van der Waals surface area contributed by atoms with Crippen LogP contribution in [0.4, 0.5) is 18.6 Å². The monoisotopic (exact) mass is 438 g/mol. The van der Waals surface area contributed by atoms with Gasteiger partial charge in [-0.15, -0.1) is 0 Å². The fraction of sp³-hybridized carbons (Fsp3) is 0.333. The maximum atomic E-state index is 14.5. The number of H-pyrrole nitrogens is 1. The first-order chi connectivity index (χ1) is 14.3. The van der Waals surface area contributed by atoms with Crippen molar-refractivity contribution in [2.75, 3.05) is 18.5 Å². The van der Waals surface area contributed by atoms with Crippen molar-refractivity contribution in [2.45, 2.75) is 19.0 Å². The summed E-state index contributed by atoms with van der Waals surface area (Å²) in [4.78, 5) is 30.7. The molecule has 2 aromatic rings. The number of alkyl halides is 1. The van der Waals surface area contributed by atoms with Crippen molar-refractivity contribution in [1.29, 1.82) is 0 Å². The van der Waals surface area contributed by atoms with Crippen LogP contribution < -0.4 is 21.1 Å². The number of nitrogens with zero attached hydrogens (tertiary/aromatic N) is 2. The summed E-state index contributed by atoms with van der Waals surface area (Å²) in [5, 5.41) is 5.21. The van der Waals surface area contributed by atoms with Crippen molar-refractivity contribution >= 4 is 28.5 Å². The first-order valence-electron chi connectivity index (χ1n) is 8.96. The molecule has 3 amide bonds. The van der Waals surface area contributed by atoms with Gasteiger partial charge in [0.05, 0.1) is 18.9 Å². The fourth-order valence-corrected chi connectivity index (χ4v) is 3.47. The maximum Gasteiger partial charge on any atom is 0.319 e. The number of carbonyl (C=O) groups excluding carboxylic acids is 2. The van der Waals surface area contributed by atoms with E-state index in [0.717, 1.165) is 30.2 Å². The molecule has 2 unspecified atom stereocenters. The minimum atomic E-state index is -2.24.